The minimum atomic E-state index is -0.962. The van der Waals surface area contributed by atoms with Crippen LogP contribution in [0.4, 0.5) is 0 Å². The lowest BCUT2D eigenvalue weighted by Gasteiger charge is -2.16. The zero-order chi connectivity index (χ0) is 17.9. The number of carbonyl (C=O) groups excluding carboxylic acids is 4. The van der Waals surface area contributed by atoms with E-state index in [1.165, 1.54) is 6.07 Å². The quantitative estimate of drug-likeness (QED) is 0.598. The Morgan fingerprint density at radius 3 is 2.12 bits per heavy atom. The van der Waals surface area contributed by atoms with Crippen molar-refractivity contribution in [2.45, 2.75) is 12.8 Å². The number of benzene rings is 1. The SMILES string of the molecule is COC(=O)c1cc2c(c(C(=O)OC)c1C(=O)OC)C(=O)OCCC2. The van der Waals surface area contributed by atoms with E-state index in [0.29, 0.717) is 18.4 Å². The second kappa shape index (κ2) is 7.12. The van der Waals surface area contributed by atoms with Crippen molar-refractivity contribution in [3.63, 3.8) is 0 Å². The van der Waals surface area contributed by atoms with Crippen molar-refractivity contribution in [3.8, 4) is 0 Å². The van der Waals surface area contributed by atoms with Crippen molar-refractivity contribution in [2.75, 3.05) is 27.9 Å². The third kappa shape index (κ3) is 2.94. The summed E-state index contributed by atoms with van der Waals surface area (Å²) >= 11 is 0. The molecule has 0 fully saturated rings. The van der Waals surface area contributed by atoms with Crippen molar-refractivity contribution in [3.05, 3.63) is 33.9 Å². The van der Waals surface area contributed by atoms with E-state index in [4.69, 9.17) is 4.74 Å². The first-order chi connectivity index (χ1) is 11.5. The highest BCUT2D eigenvalue weighted by Crippen LogP contribution is 2.29. The van der Waals surface area contributed by atoms with Gasteiger partial charge in [0.15, 0.2) is 0 Å². The highest BCUT2D eigenvalue weighted by Gasteiger charge is 2.35. The van der Waals surface area contributed by atoms with Gasteiger partial charge in [0, 0.05) is 0 Å². The van der Waals surface area contributed by atoms with E-state index in [1.807, 2.05) is 0 Å². The fourth-order valence-electron chi connectivity index (χ4n) is 2.56. The summed E-state index contributed by atoms with van der Waals surface area (Å²) in [5.41, 5.74) is -0.584. The Labute approximate surface area is 137 Å². The van der Waals surface area contributed by atoms with Gasteiger partial charge < -0.3 is 18.9 Å². The van der Waals surface area contributed by atoms with E-state index in [1.54, 1.807) is 0 Å². The van der Waals surface area contributed by atoms with Gasteiger partial charge in [-0.2, -0.15) is 0 Å². The summed E-state index contributed by atoms with van der Waals surface area (Å²) in [6.07, 6.45) is 0.897. The normalized spacial score (nSPS) is 13.2. The van der Waals surface area contributed by atoms with Crippen LogP contribution in [0.15, 0.2) is 6.07 Å². The van der Waals surface area contributed by atoms with E-state index in [9.17, 15) is 19.2 Å². The molecule has 0 radical (unpaired) electrons. The van der Waals surface area contributed by atoms with Crippen molar-refractivity contribution >= 4 is 23.9 Å². The van der Waals surface area contributed by atoms with Gasteiger partial charge in [-0.25, -0.2) is 19.2 Å². The second-order valence-electron chi connectivity index (χ2n) is 4.92. The lowest BCUT2D eigenvalue weighted by atomic mass is 9.89. The van der Waals surface area contributed by atoms with Gasteiger partial charge in [-0.3, -0.25) is 0 Å². The van der Waals surface area contributed by atoms with Gasteiger partial charge in [-0.05, 0) is 24.5 Å². The number of esters is 4. The molecule has 0 N–H and O–H groups in total. The molecule has 0 aliphatic carbocycles. The van der Waals surface area contributed by atoms with E-state index >= 15 is 0 Å². The van der Waals surface area contributed by atoms with E-state index in [2.05, 4.69) is 14.2 Å². The number of carbonyl (C=O) groups is 4. The average Bonchev–Trinajstić information content (AvgIpc) is 2.79. The van der Waals surface area contributed by atoms with Crippen LogP contribution in [0.1, 0.15) is 53.4 Å². The predicted molar refractivity (Wildman–Crippen MR) is 79.1 cm³/mol. The molecule has 2 rings (SSSR count). The Bertz CT molecular complexity index is 719. The molecule has 0 saturated carbocycles. The van der Waals surface area contributed by atoms with Crippen LogP contribution in [-0.4, -0.2) is 51.8 Å². The maximum absolute atomic E-state index is 12.3. The van der Waals surface area contributed by atoms with Gasteiger partial charge in [0.2, 0.25) is 0 Å². The largest absolute Gasteiger partial charge is 0.465 e. The number of ether oxygens (including phenoxy) is 4. The predicted octanol–water partition coefficient (Wildman–Crippen LogP) is 1.15. The Balaban J connectivity index is 2.92. The number of rotatable bonds is 3. The molecule has 0 bridgehead atoms. The molecule has 1 aliphatic rings. The Kier molecular flexibility index (Phi) is 5.18. The standard InChI is InChI=1S/C16H16O8/c1-21-13(17)9-7-8-5-4-6-24-16(20)10(8)12(15(19)23-3)11(9)14(18)22-2/h7H,4-6H2,1-3H3. The molecule has 1 aliphatic heterocycles. The molecular formula is C16H16O8. The smallest absolute Gasteiger partial charge is 0.339 e. The summed E-state index contributed by atoms with van der Waals surface area (Å²) in [7, 11) is 3.33. The first-order valence-corrected chi connectivity index (χ1v) is 7.08. The number of fused-ring (bicyclic) bond motifs is 1. The van der Waals surface area contributed by atoms with Gasteiger partial charge >= 0.3 is 23.9 Å². The number of methoxy groups -OCH3 is 3. The lowest BCUT2D eigenvalue weighted by molar-refractivity contribution is 0.0486. The number of hydrogen-bond donors (Lipinski definition) is 0. The Morgan fingerprint density at radius 1 is 0.958 bits per heavy atom. The number of cyclic esters (lactones) is 1. The highest BCUT2D eigenvalue weighted by molar-refractivity contribution is 6.15. The summed E-state index contributed by atoms with van der Waals surface area (Å²) in [6.45, 7) is 0.162. The van der Waals surface area contributed by atoms with Crippen LogP contribution < -0.4 is 0 Å². The van der Waals surface area contributed by atoms with Gasteiger partial charge in [0.25, 0.3) is 0 Å². The van der Waals surface area contributed by atoms with Crippen molar-refractivity contribution < 1.29 is 38.1 Å². The lowest BCUT2D eigenvalue weighted by Crippen LogP contribution is -2.23. The maximum atomic E-state index is 12.3. The summed E-state index contributed by atoms with van der Waals surface area (Å²) in [5, 5.41) is 0. The van der Waals surface area contributed by atoms with Crippen LogP contribution in [0.25, 0.3) is 0 Å². The molecule has 1 aromatic carbocycles. The molecule has 0 amide bonds. The van der Waals surface area contributed by atoms with Gasteiger partial charge in [0.05, 0.1) is 50.2 Å². The highest BCUT2D eigenvalue weighted by atomic mass is 16.5. The fraction of sp³-hybridized carbons (Fsp3) is 0.375. The average molecular weight is 336 g/mol. The van der Waals surface area contributed by atoms with Crippen LogP contribution in [0.5, 0.6) is 0 Å². The summed E-state index contributed by atoms with van der Waals surface area (Å²) < 4.78 is 19.1. The number of hydrogen-bond acceptors (Lipinski definition) is 8. The van der Waals surface area contributed by atoms with Crippen LogP contribution in [-0.2, 0) is 25.4 Å². The Hall–Kier alpha value is -2.90. The molecule has 1 heterocycles. The fourth-order valence-corrected chi connectivity index (χ4v) is 2.56. The maximum Gasteiger partial charge on any atom is 0.339 e. The van der Waals surface area contributed by atoms with Crippen LogP contribution in [0, 0.1) is 0 Å². The third-order valence-electron chi connectivity index (χ3n) is 3.62. The van der Waals surface area contributed by atoms with Crippen LogP contribution in [0.3, 0.4) is 0 Å². The summed E-state index contributed by atoms with van der Waals surface area (Å²) in [5.74, 6) is -3.50. The Morgan fingerprint density at radius 2 is 1.54 bits per heavy atom. The molecule has 0 spiro atoms. The molecule has 1 aromatic rings. The zero-order valence-electron chi connectivity index (χ0n) is 13.5. The molecule has 8 heteroatoms. The summed E-state index contributed by atoms with van der Waals surface area (Å²) in [4.78, 5) is 48.8. The van der Waals surface area contributed by atoms with Crippen LogP contribution in [0.2, 0.25) is 0 Å². The second-order valence-corrected chi connectivity index (χ2v) is 4.92. The third-order valence-corrected chi connectivity index (χ3v) is 3.62. The summed E-state index contributed by atoms with van der Waals surface area (Å²) in [6, 6.07) is 1.35. The molecular weight excluding hydrogens is 320 g/mol. The number of aryl methyl sites for hydroxylation is 1. The van der Waals surface area contributed by atoms with E-state index in [0.717, 1.165) is 21.3 Å². The topological polar surface area (TPSA) is 105 Å². The van der Waals surface area contributed by atoms with Crippen molar-refractivity contribution in [1.29, 1.82) is 0 Å². The van der Waals surface area contributed by atoms with Crippen molar-refractivity contribution in [2.24, 2.45) is 0 Å². The van der Waals surface area contributed by atoms with E-state index < -0.39 is 23.9 Å². The molecule has 0 aromatic heterocycles. The minimum absolute atomic E-state index is 0.0904. The molecule has 24 heavy (non-hydrogen) atoms. The molecule has 0 atom stereocenters. The van der Waals surface area contributed by atoms with Crippen molar-refractivity contribution in [1.82, 2.24) is 0 Å². The first kappa shape index (κ1) is 17.5. The molecule has 0 saturated heterocycles. The molecule has 128 valence electrons. The molecule has 0 unspecified atom stereocenters. The first-order valence-electron chi connectivity index (χ1n) is 7.08. The van der Waals surface area contributed by atoms with E-state index in [-0.39, 0.29) is 28.9 Å². The van der Waals surface area contributed by atoms with Gasteiger partial charge in [0.1, 0.15) is 0 Å². The van der Waals surface area contributed by atoms with Crippen LogP contribution >= 0.6 is 0 Å². The molecule has 8 nitrogen and oxygen atoms in total. The van der Waals surface area contributed by atoms with Gasteiger partial charge in [-0.15, -0.1) is 0 Å². The minimum Gasteiger partial charge on any atom is -0.465 e. The zero-order valence-corrected chi connectivity index (χ0v) is 13.5. The monoisotopic (exact) mass is 336 g/mol. The van der Waals surface area contributed by atoms with Gasteiger partial charge in [-0.1, -0.05) is 0 Å².